The summed E-state index contributed by atoms with van der Waals surface area (Å²) in [6, 6.07) is 3.70. The van der Waals surface area contributed by atoms with Crippen LogP contribution >= 0.6 is 0 Å². The maximum Gasteiger partial charge on any atom is 0.377 e. The molecule has 1 saturated heterocycles. The molecule has 0 spiro atoms. The number of hydrogen-bond acceptors (Lipinski definition) is 3. The predicted octanol–water partition coefficient (Wildman–Crippen LogP) is 1.69. The summed E-state index contributed by atoms with van der Waals surface area (Å²) in [5.74, 6) is -3.22. The van der Waals surface area contributed by atoms with Gasteiger partial charge in [-0.05, 0) is 31.0 Å². The molecule has 0 aliphatic carbocycles. The molecular formula is C12H12FNO3. The molecule has 4 nitrogen and oxygen atoms in total. The number of carboxylic acids is 1. The summed E-state index contributed by atoms with van der Waals surface area (Å²) >= 11 is 0. The van der Waals surface area contributed by atoms with E-state index in [1.54, 1.807) is 0 Å². The van der Waals surface area contributed by atoms with E-state index in [4.69, 9.17) is 5.11 Å². The fraction of sp³-hybridized carbons (Fsp3) is 0.333. The van der Waals surface area contributed by atoms with Gasteiger partial charge in [-0.25, -0.2) is 9.18 Å². The van der Waals surface area contributed by atoms with Gasteiger partial charge in [0.05, 0.1) is 5.56 Å². The molecule has 2 rings (SSSR count). The van der Waals surface area contributed by atoms with Crippen molar-refractivity contribution in [1.29, 1.82) is 0 Å². The number of carbonyl (C=O) groups excluding carboxylic acids is 1. The third-order valence-electron chi connectivity index (χ3n) is 2.84. The Labute approximate surface area is 97.7 Å². The second-order valence-corrected chi connectivity index (χ2v) is 3.99. The topological polar surface area (TPSA) is 57.6 Å². The lowest BCUT2D eigenvalue weighted by atomic mass is 10.1. The molecule has 5 heteroatoms. The van der Waals surface area contributed by atoms with Gasteiger partial charge in [-0.1, -0.05) is 0 Å². The van der Waals surface area contributed by atoms with Crippen molar-refractivity contribution in [2.45, 2.75) is 12.8 Å². The van der Waals surface area contributed by atoms with Gasteiger partial charge < -0.3 is 10.0 Å². The van der Waals surface area contributed by atoms with E-state index in [2.05, 4.69) is 0 Å². The van der Waals surface area contributed by atoms with Gasteiger partial charge in [0.15, 0.2) is 0 Å². The van der Waals surface area contributed by atoms with Crippen molar-refractivity contribution in [2.24, 2.45) is 0 Å². The second-order valence-electron chi connectivity index (χ2n) is 3.99. The summed E-state index contributed by atoms with van der Waals surface area (Å²) < 4.78 is 13.1. The minimum Gasteiger partial charge on any atom is -0.475 e. The summed E-state index contributed by atoms with van der Waals surface area (Å²) in [5, 5.41) is 8.70. The highest BCUT2D eigenvalue weighted by molar-refractivity contribution is 6.41. The predicted molar refractivity (Wildman–Crippen MR) is 59.8 cm³/mol. The van der Waals surface area contributed by atoms with Crippen LogP contribution in [0.15, 0.2) is 18.2 Å². The van der Waals surface area contributed by atoms with Gasteiger partial charge in [0.1, 0.15) is 5.82 Å². The number of carboxylic acid groups (broad SMARTS) is 1. The Bertz CT molecular complexity index is 467. The molecule has 0 saturated carbocycles. The number of Topliss-reactive ketones (excluding diaryl/α,β-unsaturated/α-hetero) is 1. The van der Waals surface area contributed by atoms with Crippen molar-refractivity contribution in [2.75, 3.05) is 18.0 Å². The number of anilines is 1. The van der Waals surface area contributed by atoms with Gasteiger partial charge in [-0.15, -0.1) is 0 Å². The van der Waals surface area contributed by atoms with Crippen LogP contribution in [-0.2, 0) is 4.79 Å². The van der Waals surface area contributed by atoms with Crippen LogP contribution in [0.3, 0.4) is 0 Å². The third-order valence-corrected chi connectivity index (χ3v) is 2.84. The molecule has 1 fully saturated rings. The average Bonchev–Trinajstić information content (AvgIpc) is 2.81. The minimum atomic E-state index is -1.56. The molecule has 17 heavy (non-hydrogen) atoms. The number of rotatable bonds is 3. The first-order valence-corrected chi connectivity index (χ1v) is 5.41. The summed E-state index contributed by atoms with van der Waals surface area (Å²) in [7, 11) is 0. The van der Waals surface area contributed by atoms with Crippen molar-refractivity contribution in [3.05, 3.63) is 29.6 Å². The molecule has 0 radical (unpaired) electrons. The Balaban J connectivity index is 2.43. The Morgan fingerprint density at radius 2 is 1.88 bits per heavy atom. The van der Waals surface area contributed by atoms with Gasteiger partial charge in [-0.2, -0.15) is 0 Å². The van der Waals surface area contributed by atoms with E-state index < -0.39 is 17.6 Å². The molecule has 1 aliphatic rings. The lowest BCUT2D eigenvalue weighted by molar-refractivity contribution is -0.131. The molecule has 0 unspecified atom stereocenters. The SMILES string of the molecule is O=C(O)C(=O)c1cc(F)ccc1N1CCCC1. The van der Waals surface area contributed by atoms with Gasteiger partial charge >= 0.3 is 5.97 Å². The summed E-state index contributed by atoms with van der Waals surface area (Å²) in [6.45, 7) is 1.54. The first-order valence-electron chi connectivity index (χ1n) is 5.41. The van der Waals surface area contributed by atoms with Gasteiger partial charge in [0.2, 0.25) is 0 Å². The summed E-state index contributed by atoms with van der Waals surface area (Å²) in [4.78, 5) is 24.1. The molecule has 0 aromatic heterocycles. The zero-order chi connectivity index (χ0) is 12.4. The smallest absolute Gasteiger partial charge is 0.377 e. The molecule has 1 aromatic carbocycles. The normalized spacial score (nSPS) is 15.0. The molecular weight excluding hydrogens is 225 g/mol. The second kappa shape index (κ2) is 4.53. The van der Waals surface area contributed by atoms with E-state index in [9.17, 15) is 14.0 Å². The van der Waals surface area contributed by atoms with E-state index in [0.717, 1.165) is 32.0 Å². The molecule has 1 aliphatic heterocycles. The highest BCUT2D eigenvalue weighted by Gasteiger charge is 2.23. The quantitative estimate of drug-likeness (QED) is 0.642. The van der Waals surface area contributed by atoms with E-state index >= 15 is 0 Å². The Hall–Kier alpha value is -1.91. The number of benzene rings is 1. The number of ketones is 1. The van der Waals surface area contributed by atoms with Crippen LogP contribution in [0.4, 0.5) is 10.1 Å². The standard InChI is InChI=1S/C12H12FNO3/c13-8-3-4-10(14-5-1-2-6-14)9(7-8)11(15)12(16)17/h3-4,7H,1-2,5-6H2,(H,16,17). The highest BCUT2D eigenvalue weighted by Crippen LogP contribution is 2.25. The van der Waals surface area contributed by atoms with E-state index in [0.29, 0.717) is 5.69 Å². The molecule has 1 aromatic rings. The Morgan fingerprint density at radius 3 is 2.47 bits per heavy atom. The van der Waals surface area contributed by atoms with E-state index in [1.165, 1.54) is 12.1 Å². The minimum absolute atomic E-state index is 0.0700. The highest BCUT2D eigenvalue weighted by atomic mass is 19.1. The average molecular weight is 237 g/mol. The van der Waals surface area contributed by atoms with Crippen LogP contribution in [0.1, 0.15) is 23.2 Å². The first-order chi connectivity index (χ1) is 8.09. The molecule has 1 heterocycles. The first kappa shape index (κ1) is 11.6. The van der Waals surface area contributed by atoms with Crippen molar-refractivity contribution < 1.29 is 19.1 Å². The number of hydrogen-bond donors (Lipinski definition) is 1. The number of aliphatic carboxylic acids is 1. The van der Waals surface area contributed by atoms with Crippen molar-refractivity contribution >= 4 is 17.4 Å². The zero-order valence-corrected chi connectivity index (χ0v) is 9.15. The fourth-order valence-corrected chi connectivity index (χ4v) is 2.04. The summed E-state index contributed by atoms with van der Waals surface area (Å²) in [5.41, 5.74) is 0.440. The van der Waals surface area contributed by atoms with Crippen molar-refractivity contribution in [1.82, 2.24) is 0 Å². The molecule has 0 amide bonds. The van der Waals surface area contributed by atoms with Crippen LogP contribution in [0.5, 0.6) is 0 Å². The van der Waals surface area contributed by atoms with E-state index in [1.807, 2.05) is 4.90 Å². The van der Waals surface area contributed by atoms with Gasteiger partial charge in [0, 0.05) is 18.8 Å². The maximum atomic E-state index is 13.1. The monoisotopic (exact) mass is 237 g/mol. The molecule has 90 valence electrons. The van der Waals surface area contributed by atoms with Crippen LogP contribution in [0.2, 0.25) is 0 Å². The van der Waals surface area contributed by atoms with Crippen LogP contribution in [0, 0.1) is 5.82 Å². The van der Waals surface area contributed by atoms with Crippen LogP contribution in [-0.4, -0.2) is 29.9 Å². The molecule has 0 bridgehead atoms. The van der Waals surface area contributed by atoms with Crippen molar-refractivity contribution in [3.63, 3.8) is 0 Å². The molecule has 1 N–H and O–H groups in total. The number of carbonyl (C=O) groups is 2. The molecule has 0 atom stereocenters. The summed E-state index contributed by atoms with van der Waals surface area (Å²) in [6.07, 6.45) is 2.00. The lowest BCUT2D eigenvalue weighted by Crippen LogP contribution is -2.23. The third kappa shape index (κ3) is 2.27. The maximum absolute atomic E-state index is 13.1. The number of nitrogens with zero attached hydrogens (tertiary/aromatic N) is 1. The fourth-order valence-electron chi connectivity index (χ4n) is 2.04. The Morgan fingerprint density at radius 1 is 1.24 bits per heavy atom. The van der Waals surface area contributed by atoms with E-state index in [-0.39, 0.29) is 5.56 Å². The van der Waals surface area contributed by atoms with Gasteiger partial charge in [-0.3, -0.25) is 4.79 Å². The largest absolute Gasteiger partial charge is 0.475 e. The Kier molecular flexibility index (Phi) is 3.08. The van der Waals surface area contributed by atoms with Crippen LogP contribution < -0.4 is 4.90 Å². The number of halogens is 1. The zero-order valence-electron chi connectivity index (χ0n) is 9.15. The van der Waals surface area contributed by atoms with Crippen LogP contribution in [0.25, 0.3) is 0 Å². The van der Waals surface area contributed by atoms with Gasteiger partial charge in [0.25, 0.3) is 5.78 Å². The lowest BCUT2D eigenvalue weighted by Gasteiger charge is -2.20. The van der Waals surface area contributed by atoms with Crippen molar-refractivity contribution in [3.8, 4) is 0 Å².